The second-order valence-corrected chi connectivity index (χ2v) is 7.16. The van der Waals surface area contributed by atoms with Crippen LogP contribution in [-0.2, 0) is 0 Å². The lowest BCUT2D eigenvalue weighted by Gasteiger charge is -2.24. The minimum Gasteiger partial charge on any atom is -0.268 e. The summed E-state index contributed by atoms with van der Waals surface area (Å²) in [6, 6.07) is 0.0347. The highest BCUT2D eigenvalue weighted by molar-refractivity contribution is 8.14. The van der Waals surface area contributed by atoms with Crippen LogP contribution in [0.25, 0.3) is 0 Å². The molecule has 1 saturated carbocycles. The third kappa shape index (κ3) is 2.85. The number of fused-ring (bicyclic) bond motifs is 1. The number of alkyl halides is 3. The maximum absolute atomic E-state index is 13.3. The van der Waals surface area contributed by atoms with Crippen molar-refractivity contribution >= 4 is 22.6 Å². The monoisotopic (exact) mass is 333 g/mol. The second-order valence-electron chi connectivity index (χ2n) is 5.86. The van der Waals surface area contributed by atoms with E-state index in [1.54, 1.807) is 11.6 Å². The van der Waals surface area contributed by atoms with Crippen LogP contribution in [0.5, 0.6) is 0 Å². The Morgan fingerprint density at radius 2 is 1.86 bits per heavy atom. The molecule has 2 aliphatic rings. The van der Waals surface area contributed by atoms with Crippen LogP contribution < -0.4 is 5.56 Å². The fraction of sp³-hybridized carbons (Fsp3) is 0.714. The molecular formula is C14H18F3N3OS. The lowest BCUT2D eigenvalue weighted by atomic mass is 10.1. The summed E-state index contributed by atoms with van der Waals surface area (Å²) in [7, 11) is 0. The van der Waals surface area contributed by atoms with Crippen LogP contribution in [0.4, 0.5) is 19.0 Å². The minimum absolute atomic E-state index is 0.0347. The van der Waals surface area contributed by atoms with Gasteiger partial charge in [0.25, 0.3) is 5.56 Å². The number of hydrogen-bond acceptors (Lipinski definition) is 3. The fourth-order valence-electron chi connectivity index (χ4n) is 3.22. The molecule has 1 aliphatic carbocycles. The zero-order valence-electron chi connectivity index (χ0n) is 12.2. The summed E-state index contributed by atoms with van der Waals surface area (Å²) in [6.07, 6.45) is 1.60. The fourth-order valence-corrected chi connectivity index (χ4v) is 4.16. The van der Waals surface area contributed by atoms with Crippen LogP contribution in [0.15, 0.2) is 9.79 Å². The first-order chi connectivity index (χ1) is 10.4. The first kappa shape index (κ1) is 15.7. The number of nitrogens with one attached hydrogen (secondary N) is 1. The predicted octanol–water partition coefficient (Wildman–Crippen LogP) is 4.47. The van der Waals surface area contributed by atoms with Gasteiger partial charge in [0.2, 0.25) is 0 Å². The van der Waals surface area contributed by atoms with E-state index in [2.05, 4.69) is 10.1 Å². The van der Waals surface area contributed by atoms with Crippen molar-refractivity contribution in [3.63, 3.8) is 0 Å². The number of aliphatic imine (C=N–C) groups is 1. The van der Waals surface area contributed by atoms with Crippen molar-refractivity contribution in [1.29, 1.82) is 0 Å². The summed E-state index contributed by atoms with van der Waals surface area (Å²) < 4.78 is 41.3. The molecule has 1 aliphatic heterocycles. The molecule has 0 unspecified atom stereocenters. The molecule has 0 bridgehead atoms. The molecule has 0 saturated heterocycles. The van der Waals surface area contributed by atoms with Gasteiger partial charge in [-0.05, 0) is 19.8 Å². The number of hydrogen-bond donors (Lipinski definition) is 1. The van der Waals surface area contributed by atoms with Gasteiger partial charge in [-0.1, -0.05) is 37.4 Å². The lowest BCUT2D eigenvalue weighted by Crippen LogP contribution is -2.25. The van der Waals surface area contributed by atoms with Crippen molar-refractivity contribution in [3.8, 4) is 0 Å². The third-order valence-corrected chi connectivity index (χ3v) is 5.41. The van der Waals surface area contributed by atoms with Crippen molar-refractivity contribution < 1.29 is 13.2 Å². The van der Waals surface area contributed by atoms with E-state index in [1.165, 1.54) is 0 Å². The van der Waals surface area contributed by atoms with Crippen molar-refractivity contribution in [2.75, 3.05) is 0 Å². The molecule has 1 aromatic heterocycles. The van der Waals surface area contributed by atoms with E-state index < -0.39 is 17.0 Å². The molecule has 0 amide bonds. The molecule has 0 aromatic carbocycles. The number of H-pyrrole nitrogens is 1. The van der Waals surface area contributed by atoms with Gasteiger partial charge >= 0.3 is 6.18 Å². The molecule has 122 valence electrons. The van der Waals surface area contributed by atoms with Gasteiger partial charge in [0.15, 0.2) is 5.82 Å². The van der Waals surface area contributed by atoms with E-state index in [0.717, 1.165) is 38.5 Å². The van der Waals surface area contributed by atoms with E-state index in [9.17, 15) is 18.0 Å². The molecule has 1 atom stereocenters. The van der Waals surface area contributed by atoms with Crippen molar-refractivity contribution in [2.24, 2.45) is 4.99 Å². The highest BCUT2D eigenvalue weighted by atomic mass is 32.2. The van der Waals surface area contributed by atoms with Crippen LogP contribution in [0.1, 0.15) is 62.3 Å². The molecule has 8 heteroatoms. The highest BCUT2D eigenvalue weighted by Gasteiger charge is 2.47. The van der Waals surface area contributed by atoms with Gasteiger partial charge in [-0.15, -0.1) is 0 Å². The third-order valence-electron chi connectivity index (χ3n) is 4.24. The van der Waals surface area contributed by atoms with Crippen molar-refractivity contribution in [1.82, 2.24) is 9.78 Å². The summed E-state index contributed by atoms with van der Waals surface area (Å²) in [5.41, 5.74) is -0.905. The van der Waals surface area contributed by atoms with E-state index >= 15 is 0 Å². The van der Waals surface area contributed by atoms with Gasteiger partial charge in [-0.25, -0.2) is 4.99 Å². The maximum atomic E-state index is 13.3. The zero-order valence-corrected chi connectivity index (χ0v) is 13.1. The quantitative estimate of drug-likeness (QED) is 0.771. The standard InChI is InChI=1S/C14H18F3N3OS/c1-8-18-12-10(11(22-8)14(15,16)17)13(21)19-20(12)9-6-4-2-3-5-7-9/h9,11H,2-7H2,1H3,(H,19,21)/t11-/m1/s1. The molecule has 2 heterocycles. The Morgan fingerprint density at radius 1 is 1.23 bits per heavy atom. The second kappa shape index (κ2) is 5.79. The predicted molar refractivity (Wildman–Crippen MR) is 80.9 cm³/mol. The number of halogens is 3. The zero-order chi connectivity index (χ0) is 15.9. The molecule has 1 aromatic rings. The first-order valence-corrected chi connectivity index (χ1v) is 8.39. The normalized spacial score (nSPS) is 23.8. The Morgan fingerprint density at radius 3 is 2.45 bits per heavy atom. The van der Waals surface area contributed by atoms with Crippen LogP contribution in [0.3, 0.4) is 0 Å². The highest BCUT2D eigenvalue weighted by Crippen LogP contribution is 2.49. The van der Waals surface area contributed by atoms with Gasteiger partial charge in [0.1, 0.15) is 5.25 Å². The maximum Gasteiger partial charge on any atom is 0.405 e. The van der Waals surface area contributed by atoms with Crippen molar-refractivity contribution in [2.45, 2.75) is 62.9 Å². The molecule has 4 nitrogen and oxygen atoms in total. The van der Waals surface area contributed by atoms with E-state index in [-0.39, 0.29) is 17.4 Å². The van der Waals surface area contributed by atoms with Gasteiger partial charge in [-0.2, -0.15) is 13.2 Å². The smallest absolute Gasteiger partial charge is 0.268 e. The van der Waals surface area contributed by atoms with Crippen LogP contribution in [-0.4, -0.2) is 21.0 Å². The van der Waals surface area contributed by atoms with E-state index in [4.69, 9.17) is 0 Å². The van der Waals surface area contributed by atoms with Crippen LogP contribution in [0, 0.1) is 0 Å². The Kier molecular flexibility index (Phi) is 4.13. The van der Waals surface area contributed by atoms with Crippen LogP contribution >= 0.6 is 11.8 Å². The summed E-state index contributed by atoms with van der Waals surface area (Å²) in [5.74, 6) is 0.176. The SMILES string of the molecule is CC1=Nc2c(c(=O)[nH]n2C2CCCCCC2)[C@H](C(F)(F)F)S1. The minimum atomic E-state index is -4.46. The average Bonchev–Trinajstić information content (AvgIpc) is 2.65. The molecule has 1 N–H and O–H groups in total. The Balaban J connectivity index is 2.07. The van der Waals surface area contributed by atoms with Gasteiger partial charge < -0.3 is 0 Å². The van der Waals surface area contributed by atoms with E-state index in [1.807, 2.05) is 0 Å². The Bertz CT molecular complexity index is 639. The van der Waals surface area contributed by atoms with Gasteiger partial charge in [0.05, 0.1) is 16.6 Å². The molecule has 22 heavy (non-hydrogen) atoms. The average molecular weight is 333 g/mol. The van der Waals surface area contributed by atoms with Gasteiger partial charge in [0, 0.05) is 0 Å². The molecule has 0 radical (unpaired) electrons. The molecule has 3 rings (SSSR count). The van der Waals surface area contributed by atoms with Gasteiger partial charge in [-0.3, -0.25) is 14.6 Å². The topological polar surface area (TPSA) is 50.1 Å². The summed E-state index contributed by atoms with van der Waals surface area (Å²) >= 11 is 0.606. The van der Waals surface area contributed by atoms with Crippen LogP contribution in [0.2, 0.25) is 0 Å². The molecule has 1 fully saturated rings. The number of nitrogens with zero attached hydrogens (tertiary/aromatic N) is 2. The van der Waals surface area contributed by atoms with Crippen molar-refractivity contribution in [3.05, 3.63) is 15.9 Å². The number of aromatic nitrogens is 2. The summed E-state index contributed by atoms with van der Waals surface area (Å²) in [4.78, 5) is 16.4. The lowest BCUT2D eigenvalue weighted by molar-refractivity contribution is -0.129. The molecular weight excluding hydrogens is 315 g/mol. The summed E-state index contributed by atoms with van der Waals surface area (Å²) in [6.45, 7) is 1.56. The van der Waals surface area contributed by atoms with E-state index in [0.29, 0.717) is 16.8 Å². The Labute approximate surface area is 130 Å². The summed E-state index contributed by atoms with van der Waals surface area (Å²) in [5, 5.41) is 1.14. The number of aromatic amines is 1. The first-order valence-electron chi connectivity index (χ1n) is 7.51. The number of thioether (sulfide) groups is 1. The molecule has 0 spiro atoms. The largest absolute Gasteiger partial charge is 0.405 e. The Hall–Kier alpha value is -1.18. The number of rotatable bonds is 1.